The van der Waals surface area contributed by atoms with Crippen molar-refractivity contribution in [3.05, 3.63) is 71.8 Å². The lowest BCUT2D eigenvalue weighted by Crippen LogP contribution is -2.15. The summed E-state index contributed by atoms with van der Waals surface area (Å²) in [6.07, 6.45) is 15.3. The minimum Gasteiger partial charge on any atom is -0.330 e. The molecule has 2 heteroatoms. The van der Waals surface area contributed by atoms with Crippen LogP contribution in [0.15, 0.2) is 60.7 Å². The molecule has 2 unspecified atom stereocenters. The summed E-state index contributed by atoms with van der Waals surface area (Å²) in [6.45, 7) is 1.68. The van der Waals surface area contributed by atoms with Gasteiger partial charge in [0.05, 0.1) is 0 Å². The van der Waals surface area contributed by atoms with E-state index < -0.39 is 0 Å². The van der Waals surface area contributed by atoms with Gasteiger partial charge in [-0.05, 0) is 87.4 Å². The van der Waals surface area contributed by atoms with E-state index in [0.29, 0.717) is 11.8 Å². The molecule has 0 saturated carbocycles. The Labute approximate surface area is 185 Å². The molecule has 0 radical (unpaired) electrons. The second kappa shape index (κ2) is 16.1. The van der Waals surface area contributed by atoms with Crippen LogP contribution in [0.1, 0.15) is 75.3 Å². The molecule has 0 amide bonds. The summed E-state index contributed by atoms with van der Waals surface area (Å²) in [4.78, 5) is 0. The zero-order valence-corrected chi connectivity index (χ0v) is 19.0. The molecular formula is C28H44N2. The molecule has 0 aromatic heterocycles. The zero-order chi connectivity index (χ0) is 21.3. The first kappa shape index (κ1) is 24.6. The Hall–Kier alpha value is -1.64. The van der Waals surface area contributed by atoms with Gasteiger partial charge in [-0.1, -0.05) is 86.3 Å². The molecule has 2 aromatic rings. The number of aryl methyl sites for hydroxylation is 2. The molecule has 2 atom stereocenters. The predicted molar refractivity (Wildman–Crippen MR) is 132 cm³/mol. The molecule has 0 heterocycles. The Kier molecular flexibility index (Phi) is 13.2. The van der Waals surface area contributed by atoms with E-state index in [1.807, 2.05) is 0 Å². The average molecular weight is 409 g/mol. The van der Waals surface area contributed by atoms with Crippen molar-refractivity contribution in [2.24, 2.45) is 23.3 Å². The van der Waals surface area contributed by atoms with Gasteiger partial charge in [-0.25, -0.2) is 0 Å². The van der Waals surface area contributed by atoms with Crippen molar-refractivity contribution in [2.45, 2.75) is 77.0 Å². The molecule has 2 rings (SSSR count). The lowest BCUT2D eigenvalue weighted by molar-refractivity contribution is 0.401. The third-order valence-corrected chi connectivity index (χ3v) is 6.48. The average Bonchev–Trinajstić information content (AvgIpc) is 2.80. The molecule has 30 heavy (non-hydrogen) atoms. The van der Waals surface area contributed by atoms with E-state index in [9.17, 15) is 0 Å². The van der Waals surface area contributed by atoms with Crippen LogP contribution in [0.3, 0.4) is 0 Å². The fraction of sp³-hybridized carbons (Fsp3) is 0.571. The summed E-state index contributed by atoms with van der Waals surface area (Å²) < 4.78 is 0. The van der Waals surface area contributed by atoms with Crippen molar-refractivity contribution in [2.75, 3.05) is 13.1 Å². The highest BCUT2D eigenvalue weighted by Crippen LogP contribution is 2.20. The summed E-state index contributed by atoms with van der Waals surface area (Å²) in [5.74, 6) is 1.40. The summed E-state index contributed by atoms with van der Waals surface area (Å²) in [6, 6.07) is 21.6. The third-order valence-electron chi connectivity index (χ3n) is 6.48. The highest BCUT2D eigenvalue weighted by Gasteiger charge is 2.08. The standard InChI is InChI=1S/C28H44N2/c29-23-27(21-11-19-25-13-7-3-8-14-25)17-5-1-2-6-18-28(24-30)22-12-20-26-15-9-4-10-16-26/h3-4,7-10,13-16,27-28H,1-2,5-6,11-12,17-24,29-30H2. The fourth-order valence-corrected chi connectivity index (χ4v) is 4.46. The maximum absolute atomic E-state index is 6.03. The third kappa shape index (κ3) is 10.9. The van der Waals surface area contributed by atoms with Crippen molar-refractivity contribution in [1.82, 2.24) is 0 Å². The molecule has 0 fully saturated rings. The minimum atomic E-state index is 0.698. The van der Waals surface area contributed by atoms with Gasteiger partial charge in [0.2, 0.25) is 0 Å². The van der Waals surface area contributed by atoms with E-state index in [4.69, 9.17) is 11.5 Å². The van der Waals surface area contributed by atoms with E-state index in [0.717, 1.165) is 13.1 Å². The molecule has 0 aliphatic carbocycles. The summed E-state index contributed by atoms with van der Waals surface area (Å²) in [5, 5.41) is 0. The van der Waals surface area contributed by atoms with Gasteiger partial charge in [0.15, 0.2) is 0 Å². The van der Waals surface area contributed by atoms with Crippen molar-refractivity contribution in [3.63, 3.8) is 0 Å². The van der Waals surface area contributed by atoms with E-state index in [1.54, 1.807) is 0 Å². The number of benzene rings is 2. The topological polar surface area (TPSA) is 52.0 Å². The Balaban J connectivity index is 1.47. The summed E-state index contributed by atoms with van der Waals surface area (Å²) >= 11 is 0. The lowest BCUT2D eigenvalue weighted by Gasteiger charge is -2.16. The van der Waals surface area contributed by atoms with Crippen molar-refractivity contribution in [3.8, 4) is 0 Å². The van der Waals surface area contributed by atoms with Crippen LogP contribution in [0, 0.1) is 11.8 Å². The molecule has 4 N–H and O–H groups in total. The van der Waals surface area contributed by atoms with Gasteiger partial charge in [-0.3, -0.25) is 0 Å². The minimum absolute atomic E-state index is 0.698. The van der Waals surface area contributed by atoms with E-state index >= 15 is 0 Å². The number of rotatable bonds is 17. The number of hydrogen-bond donors (Lipinski definition) is 2. The molecule has 0 aliphatic rings. The van der Waals surface area contributed by atoms with Crippen LogP contribution in [-0.4, -0.2) is 13.1 Å². The maximum Gasteiger partial charge on any atom is -0.00489 e. The first-order valence-electron chi connectivity index (χ1n) is 12.3. The number of nitrogens with two attached hydrogens (primary N) is 2. The zero-order valence-electron chi connectivity index (χ0n) is 19.0. The summed E-state index contributed by atoms with van der Waals surface area (Å²) in [7, 11) is 0. The maximum atomic E-state index is 6.03. The molecule has 0 aliphatic heterocycles. The second-order valence-corrected chi connectivity index (χ2v) is 8.95. The second-order valence-electron chi connectivity index (χ2n) is 8.95. The molecule has 2 aromatic carbocycles. The molecule has 0 spiro atoms. The lowest BCUT2D eigenvalue weighted by atomic mass is 9.92. The largest absolute Gasteiger partial charge is 0.330 e. The normalized spacial score (nSPS) is 13.3. The SMILES string of the molecule is NCC(CCCCCCC(CN)CCCc1ccccc1)CCCc1ccccc1. The van der Waals surface area contributed by atoms with Gasteiger partial charge in [-0.2, -0.15) is 0 Å². The number of unbranched alkanes of at least 4 members (excludes halogenated alkanes) is 3. The van der Waals surface area contributed by atoms with Crippen LogP contribution in [-0.2, 0) is 12.8 Å². The van der Waals surface area contributed by atoms with Gasteiger partial charge in [0.1, 0.15) is 0 Å². The van der Waals surface area contributed by atoms with Gasteiger partial charge in [-0.15, -0.1) is 0 Å². The first-order chi connectivity index (χ1) is 14.8. The Morgan fingerprint density at radius 3 is 1.20 bits per heavy atom. The van der Waals surface area contributed by atoms with Crippen molar-refractivity contribution < 1.29 is 0 Å². The van der Waals surface area contributed by atoms with E-state index in [-0.39, 0.29) is 0 Å². The van der Waals surface area contributed by atoms with Gasteiger partial charge < -0.3 is 11.5 Å². The highest BCUT2D eigenvalue weighted by molar-refractivity contribution is 5.15. The molecule has 0 saturated heterocycles. The Bertz CT molecular complexity index is 568. The molecule has 2 nitrogen and oxygen atoms in total. The van der Waals surface area contributed by atoms with Crippen molar-refractivity contribution >= 4 is 0 Å². The smallest absolute Gasteiger partial charge is 0.00489 e. The Morgan fingerprint density at radius 1 is 0.467 bits per heavy atom. The monoisotopic (exact) mass is 408 g/mol. The van der Waals surface area contributed by atoms with Gasteiger partial charge >= 0.3 is 0 Å². The van der Waals surface area contributed by atoms with Crippen LogP contribution in [0.5, 0.6) is 0 Å². The van der Waals surface area contributed by atoms with E-state index in [1.165, 1.54) is 88.2 Å². The predicted octanol–water partition coefficient (Wildman–Crippen LogP) is 6.52. The molecule has 166 valence electrons. The van der Waals surface area contributed by atoms with Crippen LogP contribution in [0.2, 0.25) is 0 Å². The van der Waals surface area contributed by atoms with Crippen molar-refractivity contribution in [1.29, 1.82) is 0 Å². The molecular weight excluding hydrogens is 364 g/mol. The molecule has 0 bridgehead atoms. The van der Waals surface area contributed by atoms with E-state index in [2.05, 4.69) is 60.7 Å². The van der Waals surface area contributed by atoms with Crippen LogP contribution < -0.4 is 11.5 Å². The quantitative estimate of drug-likeness (QED) is 0.293. The van der Waals surface area contributed by atoms with Crippen LogP contribution >= 0.6 is 0 Å². The van der Waals surface area contributed by atoms with Gasteiger partial charge in [0, 0.05) is 0 Å². The number of hydrogen-bond acceptors (Lipinski definition) is 2. The van der Waals surface area contributed by atoms with Crippen LogP contribution in [0.4, 0.5) is 0 Å². The highest BCUT2D eigenvalue weighted by atomic mass is 14.5. The fourth-order valence-electron chi connectivity index (χ4n) is 4.46. The summed E-state index contributed by atoms with van der Waals surface area (Å²) in [5.41, 5.74) is 15.0. The van der Waals surface area contributed by atoms with Crippen LogP contribution in [0.25, 0.3) is 0 Å². The Morgan fingerprint density at radius 2 is 0.833 bits per heavy atom. The van der Waals surface area contributed by atoms with Gasteiger partial charge in [0.25, 0.3) is 0 Å². The first-order valence-corrected chi connectivity index (χ1v) is 12.3.